The Morgan fingerprint density at radius 2 is 1.93 bits per heavy atom. The number of rotatable bonds is 5. The zero-order valence-corrected chi connectivity index (χ0v) is 15.1. The predicted molar refractivity (Wildman–Crippen MR) is 105 cm³/mol. The van der Waals surface area contributed by atoms with Crippen LogP contribution in [-0.4, -0.2) is 27.2 Å². The van der Waals surface area contributed by atoms with Gasteiger partial charge >= 0.3 is 0 Å². The lowest BCUT2D eigenvalue weighted by molar-refractivity contribution is 0.0951. The van der Waals surface area contributed by atoms with Crippen LogP contribution in [0.3, 0.4) is 0 Å². The van der Waals surface area contributed by atoms with Crippen molar-refractivity contribution in [1.82, 2.24) is 20.1 Å². The highest BCUT2D eigenvalue weighted by molar-refractivity contribution is 5.98. The number of amides is 1. The molecule has 138 valence electrons. The van der Waals surface area contributed by atoms with Gasteiger partial charge < -0.3 is 16.0 Å². The Labute approximate surface area is 157 Å². The van der Waals surface area contributed by atoms with Crippen molar-refractivity contribution < 1.29 is 4.79 Å². The van der Waals surface area contributed by atoms with E-state index in [1.807, 2.05) is 41.1 Å². The molecule has 1 aliphatic rings. The smallest absolute Gasteiger partial charge is 0.256 e. The molecule has 0 spiro atoms. The SMILES string of the molecule is CC1CNc2c(C(=O)NCc3ccc(Nc4ccncc4)cc3)cnn2C1. The maximum atomic E-state index is 12.5. The molecule has 27 heavy (non-hydrogen) atoms. The summed E-state index contributed by atoms with van der Waals surface area (Å²) in [7, 11) is 0. The largest absolute Gasteiger partial charge is 0.369 e. The van der Waals surface area contributed by atoms with E-state index in [1.54, 1.807) is 18.6 Å². The second kappa shape index (κ2) is 7.49. The molecule has 0 bridgehead atoms. The van der Waals surface area contributed by atoms with Crippen molar-refractivity contribution >= 4 is 23.1 Å². The lowest BCUT2D eigenvalue weighted by Crippen LogP contribution is -2.28. The number of pyridine rings is 1. The summed E-state index contributed by atoms with van der Waals surface area (Å²) in [6.07, 6.45) is 5.13. The van der Waals surface area contributed by atoms with Crippen molar-refractivity contribution in [2.75, 3.05) is 17.2 Å². The molecule has 2 aromatic heterocycles. The standard InChI is InChI=1S/C20H22N6O/c1-14-10-22-19-18(12-24-26(19)13-14)20(27)23-11-15-2-4-16(5-3-15)25-17-6-8-21-9-7-17/h2-9,12,14,22H,10-11,13H2,1H3,(H,21,25)(H,23,27). The number of carbonyl (C=O) groups is 1. The first-order valence-corrected chi connectivity index (χ1v) is 9.03. The molecule has 0 aliphatic carbocycles. The van der Waals surface area contributed by atoms with Crippen LogP contribution < -0.4 is 16.0 Å². The van der Waals surface area contributed by atoms with E-state index >= 15 is 0 Å². The fraction of sp³-hybridized carbons (Fsp3) is 0.250. The predicted octanol–water partition coefficient (Wildman–Crippen LogP) is 3.01. The number of nitrogens with zero attached hydrogens (tertiary/aromatic N) is 3. The molecule has 7 nitrogen and oxygen atoms in total. The monoisotopic (exact) mass is 362 g/mol. The second-order valence-electron chi connectivity index (χ2n) is 6.82. The van der Waals surface area contributed by atoms with Crippen LogP contribution >= 0.6 is 0 Å². The summed E-state index contributed by atoms with van der Waals surface area (Å²) in [5.74, 6) is 1.20. The zero-order chi connectivity index (χ0) is 18.6. The molecule has 0 saturated carbocycles. The third-order valence-corrected chi connectivity index (χ3v) is 4.56. The van der Waals surface area contributed by atoms with Crippen LogP contribution in [0, 0.1) is 5.92 Å². The van der Waals surface area contributed by atoms with Gasteiger partial charge in [-0.2, -0.15) is 5.10 Å². The lowest BCUT2D eigenvalue weighted by Gasteiger charge is -2.22. The van der Waals surface area contributed by atoms with E-state index in [-0.39, 0.29) is 5.91 Å². The van der Waals surface area contributed by atoms with Crippen LogP contribution in [0.4, 0.5) is 17.2 Å². The molecule has 3 aromatic rings. The van der Waals surface area contributed by atoms with Crippen LogP contribution in [-0.2, 0) is 13.1 Å². The Morgan fingerprint density at radius 3 is 2.70 bits per heavy atom. The molecule has 1 amide bonds. The number of aromatic nitrogens is 3. The van der Waals surface area contributed by atoms with Gasteiger partial charge in [0.25, 0.3) is 5.91 Å². The van der Waals surface area contributed by atoms with Crippen molar-refractivity contribution in [2.24, 2.45) is 5.92 Å². The summed E-state index contributed by atoms with van der Waals surface area (Å²) >= 11 is 0. The van der Waals surface area contributed by atoms with E-state index in [4.69, 9.17) is 0 Å². The third kappa shape index (κ3) is 3.92. The van der Waals surface area contributed by atoms with Crippen molar-refractivity contribution in [3.63, 3.8) is 0 Å². The number of nitrogens with one attached hydrogen (secondary N) is 3. The molecule has 1 aromatic carbocycles. The van der Waals surface area contributed by atoms with Gasteiger partial charge in [-0.05, 0) is 35.7 Å². The molecule has 3 heterocycles. The molecular formula is C20H22N6O. The van der Waals surface area contributed by atoms with Crippen molar-refractivity contribution in [3.05, 3.63) is 66.1 Å². The van der Waals surface area contributed by atoms with Gasteiger partial charge in [0, 0.05) is 43.4 Å². The Bertz CT molecular complexity index is 919. The molecule has 0 radical (unpaired) electrons. The Morgan fingerprint density at radius 1 is 1.19 bits per heavy atom. The summed E-state index contributed by atoms with van der Waals surface area (Å²) in [6, 6.07) is 11.8. The lowest BCUT2D eigenvalue weighted by atomic mass is 10.1. The van der Waals surface area contributed by atoms with Gasteiger partial charge in [0.15, 0.2) is 0 Å². The molecule has 1 atom stereocenters. The Hall–Kier alpha value is -3.35. The second-order valence-corrected chi connectivity index (χ2v) is 6.82. The summed E-state index contributed by atoms with van der Waals surface area (Å²) in [5, 5.41) is 13.9. The normalized spacial score (nSPS) is 15.5. The molecular weight excluding hydrogens is 340 g/mol. The average Bonchev–Trinajstić information content (AvgIpc) is 3.11. The van der Waals surface area contributed by atoms with Crippen LogP contribution in [0.1, 0.15) is 22.8 Å². The van der Waals surface area contributed by atoms with E-state index in [0.717, 1.165) is 35.8 Å². The maximum absolute atomic E-state index is 12.5. The van der Waals surface area contributed by atoms with Crippen molar-refractivity contribution in [2.45, 2.75) is 20.0 Å². The van der Waals surface area contributed by atoms with Gasteiger partial charge in [-0.25, -0.2) is 4.68 Å². The quantitative estimate of drug-likeness (QED) is 0.650. The first kappa shape index (κ1) is 17.1. The van der Waals surface area contributed by atoms with Gasteiger partial charge in [-0.3, -0.25) is 9.78 Å². The maximum Gasteiger partial charge on any atom is 0.256 e. The average molecular weight is 362 g/mol. The van der Waals surface area contributed by atoms with E-state index in [2.05, 4.69) is 33.0 Å². The molecule has 7 heteroatoms. The number of benzene rings is 1. The van der Waals surface area contributed by atoms with Gasteiger partial charge in [-0.1, -0.05) is 19.1 Å². The first-order valence-electron chi connectivity index (χ1n) is 9.03. The Kier molecular flexibility index (Phi) is 4.74. The number of carbonyl (C=O) groups excluding carboxylic acids is 1. The van der Waals surface area contributed by atoms with Crippen LogP contribution in [0.25, 0.3) is 0 Å². The van der Waals surface area contributed by atoms with E-state index in [0.29, 0.717) is 18.0 Å². The molecule has 4 rings (SSSR count). The highest BCUT2D eigenvalue weighted by atomic mass is 16.1. The topological polar surface area (TPSA) is 83.9 Å². The van der Waals surface area contributed by atoms with Crippen LogP contribution in [0.15, 0.2) is 55.0 Å². The highest BCUT2D eigenvalue weighted by Gasteiger charge is 2.22. The molecule has 0 fully saturated rings. The van der Waals surface area contributed by atoms with Gasteiger partial charge in [0.05, 0.1) is 6.20 Å². The fourth-order valence-electron chi connectivity index (χ4n) is 3.09. The van der Waals surface area contributed by atoms with Gasteiger partial charge in [-0.15, -0.1) is 0 Å². The fourth-order valence-corrected chi connectivity index (χ4v) is 3.09. The van der Waals surface area contributed by atoms with Crippen molar-refractivity contribution in [1.29, 1.82) is 0 Å². The summed E-state index contributed by atoms with van der Waals surface area (Å²) in [6.45, 7) is 4.32. The van der Waals surface area contributed by atoms with Gasteiger partial charge in [0.2, 0.25) is 0 Å². The first-order chi connectivity index (χ1) is 13.2. The minimum atomic E-state index is -0.114. The molecule has 3 N–H and O–H groups in total. The minimum absolute atomic E-state index is 0.114. The highest BCUT2D eigenvalue weighted by Crippen LogP contribution is 2.21. The summed E-state index contributed by atoms with van der Waals surface area (Å²) in [4.78, 5) is 16.5. The van der Waals surface area contributed by atoms with Gasteiger partial charge in [0.1, 0.15) is 11.4 Å². The third-order valence-electron chi connectivity index (χ3n) is 4.56. The molecule has 1 aliphatic heterocycles. The van der Waals surface area contributed by atoms with Crippen molar-refractivity contribution in [3.8, 4) is 0 Å². The summed E-state index contributed by atoms with van der Waals surface area (Å²) in [5.41, 5.74) is 3.60. The zero-order valence-electron chi connectivity index (χ0n) is 15.1. The Balaban J connectivity index is 1.35. The van der Waals surface area contributed by atoms with E-state index in [9.17, 15) is 4.79 Å². The van der Waals surface area contributed by atoms with E-state index < -0.39 is 0 Å². The molecule has 0 saturated heterocycles. The number of anilines is 3. The van der Waals surface area contributed by atoms with Crippen LogP contribution in [0.2, 0.25) is 0 Å². The minimum Gasteiger partial charge on any atom is -0.369 e. The number of hydrogen-bond donors (Lipinski definition) is 3. The molecule has 1 unspecified atom stereocenters. The number of hydrogen-bond acceptors (Lipinski definition) is 5. The van der Waals surface area contributed by atoms with Crippen LogP contribution in [0.5, 0.6) is 0 Å². The number of fused-ring (bicyclic) bond motifs is 1. The van der Waals surface area contributed by atoms with E-state index in [1.165, 1.54) is 0 Å². The summed E-state index contributed by atoms with van der Waals surface area (Å²) < 4.78 is 1.86.